The van der Waals surface area contributed by atoms with Crippen molar-refractivity contribution < 1.29 is 31.5 Å². The van der Waals surface area contributed by atoms with Crippen molar-refractivity contribution >= 4 is 5.97 Å². The summed E-state index contributed by atoms with van der Waals surface area (Å²) in [5, 5.41) is 0. The molecule has 2 aliphatic rings. The van der Waals surface area contributed by atoms with Crippen molar-refractivity contribution in [1.29, 1.82) is 0 Å². The Kier molecular flexibility index (Phi) is 3.51. The van der Waals surface area contributed by atoms with Gasteiger partial charge in [-0.05, 0) is 31.1 Å². The smallest absolute Gasteiger partial charge is 0.431 e. The molecular weight excluding hydrogens is 259 g/mol. The van der Waals surface area contributed by atoms with Crippen molar-refractivity contribution in [3.63, 3.8) is 0 Å². The lowest BCUT2D eigenvalue weighted by molar-refractivity contribution is -0.251. The van der Waals surface area contributed by atoms with Crippen LogP contribution in [0.3, 0.4) is 0 Å². The van der Waals surface area contributed by atoms with Crippen molar-refractivity contribution in [1.82, 2.24) is 0 Å². The number of carbonyl (C=O) groups is 1. The fraction of sp³-hybridized carbons (Fsp3) is 0.909. The first-order chi connectivity index (χ1) is 8.29. The Morgan fingerprint density at radius 3 is 2.22 bits per heavy atom. The molecule has 2 aliphatic carbocycles. The fourth-order valence-electron chi connectivity index (χ4n) is 3.01. The summed E-state index contributed by atoms with van der Waals surface area (Å²) in [6.45, 7) is 0. The summed E-state index contributed by atoms with van der Waals surface area (Å²) in [4.78, 5) is 11.5. The quantitative estimate of drug-likeness (QED) is 0.582. The number of fused-ring (bicyclic) bond motifs is 2. The van der Waals surface area contributed by atoms with Gasteiger partial charge in [-0.25, -0.2) is 8.78 Å². The van der Waals surface area contributed by atoms with E-state index in [1.165, 1.54) is 0 Å². The molecule has 0 amide bonds. The third kappa shape index (κ3) is 2.59. The van der Waals surface area contributed by atoms with E-state index in [0.717, 1.165) is 19.3 Å². The lowest BCUT2D eigenvalue weighted by Gasteiger charge is -2.24. The molecule has 7 heteroatoms. The Morgan fingerprint density at radius 1 is 1.17 bits per heavy atom. The Labute approximate surface area is 100 Å². The van der Waals surface area contributed by atoms with Crippen LogP contribution in [0.2, 0.25) is 0 Å². The molecule has 0 saturated heterocycles. The van der Waals surface area contributed by atoms with Crippen molar-refractivity contribution in [2.24, 2.45) is 17.8 Å². The normalized spacial score (nSPS) is 32.9. The van der Waals surface area contributed by atoms with Gasteiger partial charge in [-0.2, -0.15) is 13.2 Å². The molecule has 4 atom stereocenters. The lowest BCUT2D eigenvalue weighted by atomic mass is 9.89. The summed E-state index contributed by atoms with van der Waals surface area (Å²) in [6, 6.07) is 0. The first-order valence-corrected chi connectivity index (χ1v) is 5.84. The fourth-order valence-corrected chi connectivity index (χ4v) is 3.01. The van der Waals surface area contributed by atoms with Crippen LogP contribution in [0.1, 0.15) is 25.7 Å². The predicted molar refractivity (Wildman–Crippen MR) is 50.9 cm³/mol. The molecule has 2 fully saturated rings. The van der Waals surface area contributed by atoms with Crippen LogP contribution in [0.15, 0.2) is 0 Å². The van der Waals surface area contributed by atoms with Gasteiger partial charge in [0.1, 0.15) is 0 Å². The zero-order valence-corrected chi connectivity index (χ0v) is 9.42. The highest BCUT2D eigenvalue weighted by Crippen LogP contribution is 2.49. The summed E-state index contributed by atoms with van der Waals surface area (Å²) >= 11 is 0. The van der Waals surface area contributed by atoms with Crippen LogP contribution in [0.5, 0.6) is 0 Å². The van der Waals surface area contributed by atoms with Crippen molar-refractivity contribution in [2.45, 2.75) is 44.4 Å². The topological polar surface area (TPSA) is 26.3 Å². The van der Waals surface area contributed by atoms with Gasteiger partial charge >= 0.3 is 12.1 Å². The molecule has 0 N–H and O–H groups in total. The van der Waals surface area contributed by atoms with Gasteiger partial charge in [0.2, 0.25) is 0 Å². The van der Waals surface area contributed by atoms with Crippen LogP contribution in [-0.2, 0) is 9.53 Å². The van der Waals surface area contributed by atoms with E-state index in [2.05, 4.69) is 4.74 Å². The van der Waals surface area contributed by atoms with Crippen LogP contribution in [0, 0.1) is 17.8 Å². The van der Waals surface area contributed by atoms with Gasteiger partial charge in [-0.1, -0.05) is 6.42 Å². The van der Waals surface area contributed by atoms with E-state index in [9.17, 15) is 26.7 Å². The second kappa shape index (κ2) is 4.66. The molecule has 0 heterocycles. The molecule has 18 heavy (non-hydrogen) atoms. The van der Waals surface area contributed by atoms with Crippen LogP contribution < -0.4 is 0 Å². The molecule has 104 valence electrons. The van der Waals surface area contributed by atoms with E-state index in [1.807, 2.05) is 0 Å². The highest BCUT2D eigenvalue weighted by atomic mass is 19.4. The van der Waals surface area contributed by atoms with E-state index in [-0.39, 0.29) is 5.92 Å². The highest BCUT2D eigenvalue weighted by Gasteiger charge is 2.51. The average Bonchev–Trinajstić information content (AvgIpc) is 2.84. The highest BCUT2D eigenvalue weighted by molar-refractivity contribution is 5.73. The van der Waals surface area contributed by atoms with E-state index in [1.54, 1.807) is 0 Å². The van der Waals surface area contributed by atoms with E-state index in [0.29, 0.717) is 12.3 Å². The van der Waals surface area contributed by atoms with Crippen molar-refractivity contribution in [2.75, 3.05) is 0 Å². The molecule has 0 aromatic carbocycles. The third-order valence-corrected chi connectivity index (χ3v) is 3.84. The summed E-state index contributed by atoms with van der Waals surface area (Å²) in [5.74, 6) is -1.41. The van der Waals surface area contributed by atoms with Gasteiger partial charge < -0.3 is 4.74 Å². The van der Waals surface area contributed by atoms with Crippen molar-refractivity contribution in [3.8, 4) is 0 Å². The van der Waals surface area contributed by atoms with Crippen LogP contribution in [-0.4, -0.2) is 24.7 Å². The van der Waals surface area contributed by atoms with Crippen molar-refractivity contribution in [3.05, 3.63) is 0 Å². The first kappa shape index (κ1) is 13.5. The van der Waals surface area contributed by atoms with E-state index in [4.69, 9.17) is 0 Å². The Hall–Kier alpha value is -0.880. The first-order valence-electron chi connectivity index (χ1n) is 5.84. The molecule has 4 unspecified atom stereocenters. The van der Waals surface area contributed by atoms with Crippen LogP contribution in [0.25, 0.3) is 0 Å². The molecule has 0 radical (unpaired) electrons. The van der Waals surface area contributed by atoms with Gasteiger partial charge in [0.15, 0.2) is 0 Å². The van der Waals surface area contributed by atoms with Gasteiger partial charge in [0.25, 0.3) is 12.5 Å². The standard InChI is InChI=1S/C11H13F5O2/c12-9(13)8(11(14,15)16)18-10(17)7-4-5-1-2-6(7)3-5/h5-9H,1-4H2. The van der Waals surface area contributed by atoms with E-state index < -0.39 is 30.6 Å². The predicted octanol–water partition coefficient (Wildman–Crippen LogP) is 3.16. The van der Waals surface area contributed by atoms with Gasteiger partial charge in [-0.15, -0.1) is 0 Å². The number of halogens is 5. The number of rotatable bonds is 3. The minimum atomic E-state index is -5.22. The largest absolute Gasteiger partial charge is 0.446 e. The molecule has 0 aliphatic heterocycles. The second-order valence-corrected chi connectivity index (χ2v) is 5.01. The molecule has 0 spiro atoms. The number of carbonyl (C=O) groups excluding carboxylic acids is 1. The van der Waals surface area contributed by atoms with Crippen LogP contribution >= 0.6 is 0 Å². The SMILES string of the molecule is O=C(OC(C(F)F)C(F)(F)F)C1CC2CCC1C2. The maximum Gasteiger partial charge on any atom is 0.431 e. The maximum absolute atomic E-state index is 12.2. The number of hydrogen-bond donors (Lipinski definition) is 0. The van der Waals surface area contributed by atoms with E-state index >= 15 is 0 Å². The molecule has 2 nitrogen and oxygen atoms in total. The summed E-state index contributed by atoms with van der Waals surface area (Å²) in [6.07, 6.45) is -9.26. The molecule has 2 rings (SSSR count). The van der Waals surface area contributed by atoms with Crippen LogP contribution in [0.4, 0.5) is 22.0 Å². The number of esters is 1. The lowest BCUT2D eigenvalue weighted by Crippen LogP contribution is -2.41. The number of hydrogen-bond acceptors (Lipinski definition) is 2. The van der Waals surface area contributed by atoms with Gasteiger partial charge in [0.05, 0.1) is 5.92 Å². The Morgan fingerprint density at radius 2 is 1.83 bits per heavy atom. The Bertz CT molecular complexity index is 328. The average molecular weight is 272 g/mol. The Balaban J connectivity index is 1.97. The number of ether oxygens (including phenoxy) is 1. The molecular formula is C11H13F5O2. The zero-order valence-electron chi connectivity index (χ0n) is 9.42. The molecule has 2 bridgehead atoms. The summed E-state index contributed by atoms with van der Waals surface area (Å²) < 4.78 is 65.2. The summed E-state index contributed by atoms with van der Waals surface area (Å²) in [7, 11) is 0. The monoisotopic (exact) mass is 272 g/mol. The van der Waals surface area contributed by atoms with Gasteiger partial charge in [0, 0.05) is 0 Å². The maximum atomic E-state index is 12.2. The number of alkyl halides is 5. The molecule has 0 aromatic heterocycles. The molecule has 0 aromatic rings. The van der Waals surface area contributed by atoms with Gasteiger partial charge in [-0.3, -0.25) is 4.79 Å². The second-order valence-electron chi connectivity index (χ2n) is 5.01. The zero-order chi connectivity index (χ0) is 13.5. The summed E-state index contributed by atoms with van der Waals surface area (Å²) in [5.41, 5.74) is 0. The molecule has 2 saturated carbocycles. The third-order valence-electron chi connectivity index (χ3n) is 3.84. The minimum Gasteiger partial charge on any atom is -0.446 e. The minimum absolute atomic E-state index is 0.00839.